The van der Waals surface area contributed by atoms with Crippen LogP contribution in [0.5, 0.6) is 0 Å². The van der Waals surface area contributed by atoms with Crippen molar-refractivity contribution in [3.05, 3.63) is 33.1 Å². The van der Waals surface area contributed by atoms with Gasteiger partial charge in [-0.2, -0.15) is 0 Å². The molecule has 0 spiro atoms. The Balaban J connectivity index is 1.02. The van der Waals surface area contributed by atoms with E-state index < -0.39 is 5.92 Å². The number of hydrogen-bond donors (Lipinski definition) is 1. The Morgan fingerprint density at radius 2 is 2.09 bits per heavy atom. The minimum atomic E-state index is -2.49. The normalized spacial score (nSPS) is 25.4. The third kappa shape index (κ3) is 5.62. The molecule has 3 aliphatic rings. The summed E-state index contributed by atoms with van der Waals surface area (Å²) < 4.78 is 31.6. The van der Waals surface area contributed by atoms with E-state index in [1.54, 1.807) is 17.4 Å². The topological polar surface area (TPSA) is 71.3 Å². The van der Waals surface area contributed by atoms with E-state index in [-0.39, 0.29) is 37.1 Å². The second-order valence-electron chi connectivity index (χ2n) is 10.1. The number of hydrogen-bond acceptors (Lipinski definition) is 6. The van der Waals surface area contributed by atoms with Gasteiger partial charge in [-0.25, -0.2) is 13.8 Å². The maximum atomic E-state index is 13.2. The SMILES string of the molecule is Cc1cc(CC(=O)N[C@H]2CC[C@H](CCN3CCc4sc(C5CC(F)(F)C5)nc4C3)CC2)on1. The summed E-state index contributed by atoms with van der Waals surface area (Å²) in [5, 5.41) is 7.90. The van der Waals surface area contributed by atoms with Gasteiger partial charge >= 0.3 is 0 Å². The van der Waals surface area contributed by atoms with Crippen LogP contribution in [0.3, 0.4) is 0 Å². The molecule has 1 N–H and O–H groups in total. The van der Waals surface area contributed by atoms with Crippen LogP contribution in [0.2, 0.25) is 0 Å². The summed E-state index contributed by atoms with van der Waals surface area (Å²) in [5.74, 6) is -1.21. The van der Waals surface area contributed by atoms with Crippen LogP contribution in [-0.4, -0.2) is 46.0 Å². The first-order valence-corrected chi connectivity index (χ1v) is 12.9. The van der Waals surface area contributed by atoms with Gasteiger partial charge in [-0.1, -0.05) is 5.16 Å². The number of carbonyl (C=O) groups is 1. The summed E-state index contributed by atoms with van der Waals surface area (Å²) in [6.07, 6.45) is 6.66. The number of rotatable bonds is 7. The summed E-state index contributed by atoms with van der Waals surface area (Å²) in [6, 6.07) is 2.06. The molecule has 0 unspecified atom stereocenters. The van der Waals surface area contributed by atoms with Crippen LogP contribution in [0, 0.1) is 12.8 Å². The highest BCUT2D eigenvalue weighted by Gasteiger charge is 2.47. The number of aromatic nitrogens is 2. The molecular formula is C24H32F2N4O2S. The number of halogens is 2. The van der Waals surface area contributed by atoms with Gasteiger partial charge < -0.3 is 9.84 Å². The zero-order valence-electron chi connectivity index (χ0n) is 19.1. The Bertz CT molecular complexity index is 975. The van der Waals surface area contributed by atoms with Crippen LogP contribution in [-0.2, 0) is 24.2 Å². The minimum Gasteiger partial charge on any atom is -0.361 e. The van der Waals surface area contributed by atoms with Crippen molar-refractivity contribution in [2.75, 3.05) is 13.1 Å². The van der Waals surface area contributed by atoms with E-state index in [2.05, 4.69) is 15.4 Å². The van der Waals surface area contributed by atoms with Crippen molar-refractivity contribution in [2.24, 2.45) is 5.92 Å². The molecule has 180 valence electrons. The predicted octanol–water partition coefficient (Wildman–Crippen LogP) is 4.62. The van der Waals surface area contributed by atoms with E-state index in [0.29, 0.717) is 11.7 Å². The van der Waals surface area contributed by atoms with E-state index in [1.165, 1.54) is 11.3 Å². The third-order valence-corrected chi connectivity index (χ3v) is 8.66. The maximum Gasteiger partial charge on any atom is 0.249 e. The maximum absolute atomic E-state index is 13.2. The van der Waals surface area contributed by atoms with Crippen molar-refractivity contribution in [3.63, 3.8) is 0 Å². The van der Waals surface area contributed by atoms with Crippen LogP contribution in [0.4, 0.5) is 8.78 Å². The van der Waals surface area contributed by atoms with Gasteiger partial charge in [0.15, 0.2) is 0 Å². The molecule has 2 aliphatic carbocycles. The molecule has 2 aromatic rings. The minimum absolute atomic E-state index is 0.00646. The Labute approximate surface area is 197 Å². The highest BCUT2D eigenvalue weighted by atomic mass is 32.1. The third-order valence-electron chi connectivity index (χ3n) is 7.34. The van der Waals surface area contributed by atoms with Gasteiger partial charge in [0.1, 0.15) is 5.76 Å². The number of nitrogens with one attached hydrogen (secondary N) is 1. The first-order chi connectivity index (χ1) is 15.8. The fourth-order valence-corrected chi connectivity index (χ4v) is 6.53. The molecule has 5 rings (SSSR count). The van der Waals surface area contributed by atoms with Crippen molar-refractivity contribution < 1.29 is 18.1 Å². The fourth-order valence-electron chi connectivity index (χ4n) is 5.37. The largest absolute Gasteiger partial charge is 0.361 e. The highest BCUT2D eigenvalue weighted by molar-refractivity contribution is 7.11. The lowest BCUT2D eigenvalue weighted by Crippen LogP contribution is -2.39. The Hall–Kier alpha value is -1.87. The van der Waals surface area contributed by atoms with E-state index in [1.807, 2.05) is 6.92 Å². The molecule has 2 saturated carbocycles. The molecule has 2 fully saturated rings. The molecule has 1 aliphatic heterocycles. The number of aryl methyl sites for hydroxylation is 1. The molecule has 0 bridgehead atoms. The first kappa shape index (κ1) is 22.9. The molecule has 0 atom stereocenters. The standard InChI is InChI=1S/C24H32F2N4O2S/c1-15-10-19(32-29-15)11-22(31)27-18-4-2-16(3-5-18)6-8-30-9-7-21-20(14-30)28-23(33-21)17-12-24(25,26)13-17/h10,16-18H,2-9,11-14H2,1H3,(H,27,31)/t16-,18-. The van der Waals surface area contributed by atoms with E-state index in [4.69, 9.17) is 9.51 Å². The van der Waals surface area contributed by atoms with Crippen LogP contribution in [0.15, 0.2) is 10.6 Å². The van der Waals surface area contributed by atoms with Crippen LogP contribution < -0.4 is 5.32 Å². The Morgan fingerprint density at radius 3 is 2.79 bits per heavy atom. The Kier molecular flexibility index (Phi) is 6.53. The van der Waals surface area contributed by atoms with Crippen LogP contribution in [0.1, 0.15) is 77.9 Å². The van der Waals surface area contributed by atoms with E-state index >= 15 is 0 Å². The molecule has 2 aromatic heterocycles. The number of amides is 1. The predicted molar refractivity (Wildman–Crippen MR) is 121 cm³/mol. The van der Waals surface area contributed by atoms with Crippen molar-refractivity contribution in [1.82, 2.24) is 20.4 Å². The Morgan fingerprint density at radius 1 is 1.30 bits per heavy atom. The van der Waals surface area contributed by atoms with Gasteiger partial charge in [-0.15, -0.1) is 11.3 Å². The molecule has 6 nitrogen and oxygen atoms in total. The second-order valence-corrected chi connectivity index (χ2v) is 11.2. The zero-order chi connectivity index (χ0) is 23.0. The number of nitrogens with zero attached hydrogens (tertiary/aromatic N) is 3. The smallest absolute Gasteiger partial charge is 0.249 e. The quantitative estimate of drug-likeness (QED) is 0.629. The second kappa shape index (κ2) is 9.41. The first-order valence-electron chi connectivity index (χ1n) is 12.1. The highest BCUT2D eigenvalue weighted by Crippen LogP contribution is 2.49. The summed E-state index contributed by atoms with van der Waals surface area (Å²) in [4.78, 5) is 20.8. The van der Waals surface area contributed by atoms with Gasteiger partial charge in [-0.3, -0.25) is 9.69 Å². The molecule has 1 amide bonds. The van der Waals surface area contributed by atoms with Gasteiger partial charge in [0, 0.05) is 48.8 Å². The lowest BCUT2D eigenvalue weighted by atomic mass is 9.82. The lowest BCUT2D eigenvalue weighted by molar-refractivity contribution is -0.121. The molecular weight excluding hydrogens is 446 g/mol. The monoisotopic (exact) mass is 478 g/mol. The average Bonchev–Trinajstić information content (AvgIpc) is 3.36. The number of fused-ring (bicyclic) bond motifs is 1. The summed E-state index contributed by atoms with van der Waals surface area (Å²) in [6.45, 7) is 4.78. The number of alkyl halides is 2. The summed E-state index contributed by atoms with van der Waals surface area (Å²) in [5.41, 5.74) is 1.91. The fraction of sp³-hybridized carbons (Fsp3) is 0.708. The number of carbonyl (C=O) groups excluding carboxylic acids is 1. The van der Waals surface area contributed by atoms with Crippen molar-refractivity contribution in [2.45, 2.75) is 89.1 Å². The molecule has 0 aromatic carbocycles. The van der Waals surface area contributed by atoms with Gasteiger partial charge in [-0.05, 0) is 57.9 Å². The van der Waals surface area contributed by atoms with Crippen molar-refractivity contribution >= 4 is 17.2 Å². The van der Waals surface area contributed by atoms with Gasteiger partial charge in [0.2, 0.25) is 11.8 Å². The van der Waals surface area contributed by atoms with Crippen LogP contribution >= 0.6 is 11.3 Å². The van der Waals surface area contributed by atoms with Gasteiger partial charge in [0.05, 0.1) is 22.8 Å². The molecule has 0 saturated heterocycles. The van der Waals surface area contributed by atoms with Gasteiger partial charge in [0.25, 0.3) is 0 Å². The molecule has 33 heavy (non-hydrogen) atoms. The average molecular weight is 479 g/mol. The van der Waals surface area contributed by atoms with Crippen molar-refractivity contribution in [3.8, 4) is 0 Å². The van der Waals surface area contributed by atoms with E-state index in [0.717, 1.165) is 68.1 Å². The summed E-state index contributed by atoms with van der Waals surface area (Å²) in [7, 11) is 0. The number of thiazole rings is 1. The van der Waals surface area contributed by atoms with Crippen LogP contribution in [0.25, 0.3) is 0 Å². The molecule has 0 radical (unpaired) electrons. The summed E-state index contributed by atoms with van der Waals surface area (Å²) >= 11 is 1.66. The lowest BCUT2D eigenvalue weighted by Gasteiger charge is -2.33. The molecule has 9 heteroatoms. The van der Waals surface area contributed by atoms with E-state index in [9.17, 15) is 13.6 Å². The molecule has 3 heterocycles. The van der Waals surface area contributed by atoms with Crippen molar-refractivity contribution in [1.29, 1.82) is 0 Å². The zero-order valence-corrected chi connectivity index (χ0v) is 19.9.